The predicted octanol–water partition coefficient (Wildman–Crippen LogP) is 3.95. The van der Waals surface area contributed by atoms with Crippen LogP contribution in [0.5, 0.6) is 0 Å². The first-order chi connectivity index (χ1) is 11.3. The van der Waals surface area contributed by atoms with Crippen LogP contribution in [-0.4, -0.2) is 5.91 Å². The number of rotatable bonds is 4. The van der Waals surface area contributed by atoms with E-state index in [2.05, 4.69) is 34.9 Å². The second kappa shape index (κ2) is 8.75. The van der Waals surface area contributed by atoms with E-state index in [1.165, 1.54) is 11.1 Å². The predicted molar refractivity (Wildman–Crippen MR) is 100 cm³/mol. The van der Waals surface area contributed by atoms with Crippen LogP contribution in [-0.2, 0) is 11.3 Å². The Morgan fingerprint density at radius 1 is 0.875 bits per heavy atom. The summed E-state index contributed by atoms with van der Waals surface area (Å²) < 4.78 is 0. The van der Waals surface area contributed by atoms with Crippen LogP contribution in [0.15, 0.2) is 90.8 Å². The summed E-state index contributed by atoms with van der Waals surface area (Å²) >= 11 is 0. The number of hydrogen-bond acceptors (Lipinski definition) is 2. The van der Waals surface area contributed by atoms with Gasteiger partial charge in [0.1, 0.15) is 5.70 Å². The van der Waals surface area contributed by atoms with Gasteiger partial charge in [0.25, 0.3) is 5.91 Å². The summed E-state index contributed by atoms with van der Waals surface area (Å²) in [6, 6.07) is 18.5. The minimum atomic E-state index is -0.117. The van der Waals surface area contributed by atoms with Gasteiger partial charge in [-0.2, -0.15) is 0 Å². The Morgan fingerprint density at radius 2 is 1.58 bits per heavy atom. The van der Waals surface area contributed by atoms with E-state index < -0.39 is 0 Å². The molecule has 4 heteroatoms. The lowest BCUT2D eigenvalue weighted by Gasteiger charge is -2.09. The standard InChI is InChI=1S/C20H18N2O.ClH/c23-20(19-9-5-2-6-14-21-19)22-15-16-10-12-18(13-11-16)17-7-3-1-4-8-17;/h1-14,21H,15H2,(H,22,23);1H. The quantitative estimate of drug-likeness (QED) is 0.886. The first-order valence-electron chi connectivity index (χ1n) is 7.55. The lowest BCUT2D eigenvalue weighted by Crippen LogP contribution is -2.29. The number of nitrogens with one attached hydrogen (secondary N) is 2. The first kappa shape index (κ1) is 17.6. The van der Waals surface area contributed by atoms with Crippen LogP contribution >= 0.6 is 12.4 Å². The highest BCUT2D eigenvalue weighted by Gasteiger charge is 2.07. The number of halogens is 1. The van der Waals surface area contributed by atoms with E-state index in [-0.39, 0.29) is 18.3 Å². The minimum Gasteiger partial charge on any atom is -0.357 e. The van der Waals surface area contributed by atoms with Crippen LogP contribution in [0.4, 0.5) is 0 Å². The topological polar surface area (TPSA) is 41.1 Å². The molecule has 0 fully saturated rings. The Bertz CT molecular complexity index is 762. The molecule has 3 nitrogen and oxygen atoms in total. The Labute approximate surface area is 148 Å². The summed E-state index contributed by atoms with van der Waals surface area (Å²) in [7, 11) is 0. The third-order valence-electron chi connectivity index (χ3n) is 3.58. The molecule has 2 aromatic rings. The van der Waals surface area contributed by atoms with Gasteiger partial charge in [-0.1, -0.05) is 66.7 Å². The molecule has 0 radical (unpaired) electrons. The molecule has 2 aromatic carbocycles. The number of hydrogen-bond donors (Lipinski definition) is 2. The SMILES string of the molecule is Cl.O=C(NCc1ccc(-c2ccccc2)cc1)C1=CC=CC=CN1. The minimum absolute atomic E-state index is 0. The van der Waals surface area contributed by atoms with E-state index in [4.69, 9.17) is 0 Å². The maximum atomic E-state index is 12.1. The zero-order valence-electron chi connectivity index (χ0n) is 13.1. The Hall–Kier alpha value is -2.78. The smallest absolute Gasteiger partial charge is 0.267 e. The number of carbonyl (C=O) groups is 1. The van der Waals surface area contributed by atoms with Crippen LogP contribution in [0.1, 0.15) is 5.56 Å². The Morgan fingerprint density at radius 3 is 2.33 bits per heavy atom. The average Bonchev–Trinajstić information content (AvgIpc) is 2.90. The van der Waals surface area contributed by atoms with Crippen molar-refractivity contribution in [2.24, 2.45) is 0 Å². The summed E-state index contributed by atoms with van der Waals surface area (Å²) in [6.45, 7) is 0.500. The van der Waals surface area contributed by atoms with E-state index in [0.717, 1.165) is 5.56 Å². The normalized spacial score (nSPS) is 12.4. The molecule has 0 atom stereocenters. The van der Waals surface area contributed by atoms with Gasteiger partial charge in [0.15, 0.2) is 0 Å². The number of carbonyl (C=O) groups excluding carboxylic acids is 1. The van der Waals surface area contributed by atoms with Gasteiger partial charge >= 0.3 is 0 Å². The fraction of sp³-hybridized carbons (Fsp3) is 0.0500. The van der Waals surface area contributed by atoms with Gasteiger partial charge < -0.3 is 10.6 Å². The molecule has 122 valence electrons. The van der Waals surface area contributed by atoms with E-state index in [0.29, 0.717) is 12.2 Å². The molecule has 0 spiro atoms. The van der Waals surface area contributed by atoms with Gasteiger partial charge in [-0.15, -0.1) is 12.4 Å². The summed E-state index contributed by atoms with van der Waals surface area (Å²) in [5.74, 6) is -0.117. The van der Waals surface area contributed by atoms with Crippen molar-refractivity contribution in [3.63, 3.8) is 0 Å². The van der Waals surface area contributed by atoms with Crippen molar-refractivity contribution in [1.82, 2.24) is 10.6 Å². The van der Waals surface area contributed by atoms with Gasteiger partial charge in [-0.3, -0.25) is 4.79 Å². The van der Waals surface area contributed by atoms with Gasteiger partial charge in [0.2, 0.25) is 0 Å². The van der Waals surface area contributed by atoms with Crippen molar-refractivity contribution in [3.05, 3.63) is 96.4 Å². The van der Waals surface area contributed by atoms with Crippen molar-refractivity contribution in [2.75, 3.05) is 0 Å². The Balaban J connectivity index is 0.00000208. The molecule has 0 bridgehead atoms. The lowest BCUT2D eigenvalue weighted by atomic mass is 10.0. The molecule has 0 aliphatic carbocycles. The number of allylic oxidation sites excluding steroid dienone is 4. The van der Waals surface area contributed by atoms with Gasteiger partial charge in [-0.05, 0) is 28.8 Å². The highest BCUT2D eigenvalue weighted by molar-refractivity contribution is 5.93. The van der Waals surface area contributed by atoms with Crippen LogP contribution in [0.3, 0.4) is 0 Å². The molecular weight excluding hydrogens is 320 g/mol. The van der Waals surface area contributed by atoms with Gasteiger partial charge in [-0.25, -0.2) is 0 Å². The molecular formula is C20H19ClN2O. The Kier molecular flexibility index (Phi) is 6.41. The molecule has 2 N–H and O–H groups in total. The lowest BCUT2D eigenvalue weighted by molar-refractivity contribution is -0.117. The summed E-state index contributed by atoms with van der Waals surface area (Å²) in [5, 5.41) is 5.87. The van der Waals surface area contributed by atoms with Crippen LogP contribution in [0.25, 0.3) is 11.1 Å². The van der Waals surface area contributed by atoms with Crippen LogP contribution in [0.2, 0.25) is 0 Å². The van der Waals surface area contributed by atoms with Crippen molar-refractivity contribution in [3.8, 4) is 11.1 Å². The van der Waals surface area contributed by atoms with Crippen molar-refractivity contribution < 1.29 is 4.79 Å². The third kappa shape index (κ3) is 4.61. The molecule has 1 amide bonds. The second-order valence-corrected chi connectivity index (χ2v) is 5.21. The van der Waals surface area contributed by atoms with E-state index in [1.54, 1.807) is 12.3 Å². The molecule has 0 saturated heterocycles. The summed E-state index contributed by atoms with van der Waals surface area (Å²) in [6.07, 6.45) is 9.05. The fourth-order valence-electron chi connectivity index (χ4n) is 2.32. The van der Waals surface area contributed by atoms with Crippen molar-refractivity contribution in [1.29, 1.82) is 0 Å². The zero-order valence-corrected chi connectivity index (χ0v) is 13.9. The van der Waals surface area contributed by atoms with E-state index in [9.17, 15) is 4.79 Å². The first-order valence-corrected chi connectivity index (χ1v) is 7.55. The molecule has 0 saturated carbocycles. The number of benzene rings is 2. The zero-order chi connectivity index (χ0) is 15.9. The van der Waals surface area contributed by atoms with E-state index in [1.807, 2.05) is 48.6 Å². The maximum Gasteiger partial charge on any atom is 0.267 e. The maximum absolute atomic E-state index is 12.1. The molecule has 1 heterocycles. The highest BCUT2D eigenvalue weighted by atomic mass is 35.5. The molecule has 0 unspecified atom stereocenters. The second-order valence-electron chi connectivity index (χ2n) is 5.21. The molecule has 3 rings (SSSR count). The van der Waals surface area contributed by atoms with E-state index >= 15 is 0 Å². The monoisotopic (exact) mass is 338 g/mol. The molecule has 1 aliphatic heterocycles. The summed E-state index contributed by atoms with van der Waals surface area (Å²) in [5.41, 5.74) is 3.97. The average molecular weight is 339 g/mol. The van der Waals surface area contributed by atoms with Crippen LogP contribution < -0.4 is 10.6 Å². The van der Waals surface area contributed by atoms with Crippen molar-refractivity contribution >= 4 is 18.3 Å². The summed E-state index contributed by atoms with van der Waals surface area (Å²) in [4.78, 5) is 12.1. The fourth-order valence-corrected chi connectivity index (χ4v) is 2.32. The molecule has 1 aliphatic rings. The largest absolute Gasteiger partial charge is 0.357 e. The number of amides is 1. The van der Waals surface area contributed by atoms with Crippen LogP contribution in [0, 0.1) is 0 Å². The third-order valence-corrected chi connectivity index (χ3v) is 3.58. The van der Waals surface area contributed by atoms with Gasteiger partial charge in [0.05, 0.1) is 0 Å². The molecule has 24 heavy (non-hydrogen) atoms. The van der Waals surface area contributed by atoms with Gasteiger partial charge in [0, 0.05) is 12.7 Å². The highest BCUT2D eigenvalue weighted by Crippen LogP contribution is 2.19. The molecule has 0 aromatic heterocycles. The van der Waals surface area contributed by atoms with Crippen molar-refractivity contribution in [2.45, 2.75) is 6.54 Å².